The number of hydrogen-bond acceptors (Lipinski definition) is 2. The lowest BCUT2D eigenvalue weighted by molar-refractivity contribution is 0.327. The highest BCUT2D eigenvalue weighted by Crippen LogP contribution is 2.26. The van der Waals surface area contributed by atoms with Crippen LogP contribution in [0, 0.1) is 0 Å². The number of nitrogens with zero attached hydrogens (tertiary/aromatic N) is 1. The SMILES string of the molecule is CCCCCCCCCCCCCCCCCC1(CCCCCCCCCCCCCCCCC)CN=CN1. The summed E-state index contributed by atoms with van der Waals surface area (Å²) < 4.78 is 0. The van der Waals surface area contributed by atoms with Crippen molar-refractivity contribution in [3.05, 3.63) is 0 Å². The van der Waals surface area contributed by atoms with Crippen LogP contribution in [0.4, 0.5) is 0 Å². The maximum Gasteiger partial charge on any atom is 0.0829 e. The Morgan fingerprint density at radius 2 is 0.667 bits per heavy atom. The van der Waals surface area contributed by atoms with Crippen LogP contribution < -0.4 is 5.32 Å². The zero-order valence-corrected chi connectivity index (χ0v) is 27.4. The monoisotopic (exact) mass is 547 g/mol. The predicted octanol–water partition coefficient (Wildman–Crippen LogP) is 12.9. The van der Waals surface area contributed by atoms with E-state index in [1.807, 2.05) is 6.34 Å². The van der Waals surface area contributed by atoms with E-state index in [1.54, 1.807) is 0 Å². The van der Waals surface area contributed by atoms with Crippen LogP contribution in [-0.2, 0) is 0 Å². The number of nitrogens with one attached hydrogen (secondary N) is 1. The maximum atomic E-state index is 4.58. The van der Waals surface area contributed by atoms with Gasteiger partial charge in [0.1, 0.15) is 0 Å². The molecule has 0 aromatic carbocycles. The molecular formula is C37H74N2. The second kappa shape index (κ2) is 29.0. The largest absolute Gasteiger partial charge is 0.369 e. The summed E-state index contributed by atoms with van der Waals surface area (Å²) in [5.41, 5.74) is 0.299. The van der Waals surface area contributed by atoms with Crippen molar-refractivity contribution in [1.82, 2.24) is 5.32 Å². The summed E-state index contributed by atoms with van der Waals surface area (Å²) in [6.45, 7) is 5.63. The van der Waals surface area contributed by atoms with Crippen molar-refractivity contribution in [1.29, 1.82) is 0 Å². The quantitative estimate of drug-likeness (QED) is 0.0833. The van der Waals surface area contributed by atoms with Crippen molar-refractivity contribution in [3.8, 4) is 0 Å². The normalized spacial score (nSPS) is 14.3. The van der Waals surface area contributed by atoms with Gasteiger partial charge in [-0.15, -0.1) is 0 Å². The van der Waals surface area contributed by atoms with Crippen LogP contribution in [0.5, 0.6) is 0 Å². The molecule has 1 aliphatic heterocycles. The summed E-state index contributed by atoms with van der Waals surface area (Å²) in [6, 6.07) is 0. The first-order valence-electron chi connectivity index (χ1n) is 18.6. The smallest absolute Gasteiger partial charge is 0.0829 e. The van der Waals surface area contributed by atoms with Gasteiger partial charge in [-0.05, 0) is 12.8 Å². The number of hydrogen-bond donors (Lipinski definition) is 1. The second-order valence-corrected chi connectivity index (χ2v) is 13.3. The number of aliphatic imine (C=N–C) groups is 1. The third-order valence-corrected chi connectivity index (χ3v) is 9.37. The van der Waals surface area contributed by atoms with Gasteiger partial charge in [0.05, 0.1) is 18.4 Å². The lowest BCUT2D eigenvalue weighted by atomic mass is 9.87. The van der Waals surface area contributed by atoms with Crippen LogP contribution in [0.15, 0.2) is 4.99 Å². The molecule has 39 heavy (non-hydrogen) atoms. The Hall–Kier alpha value is -0.530. The zero-order valence-electron chi connectivity index (χ0n) is 27.4. The Balaban J connectivity index is 1.86. The third kappa shape index (κ3) is 23.8. The van der Waals surface area contributed by atoms with E-state index in [-0.39, 0.29) is 0 Å². The fourth-order valence-electron chi connectivity index (χ4n) is 6.55. The standard InChI is InChI=1S/C37H74N2/c1-3-5-7-9-11-13-15-17-19-21-23-25-27-29-31-33-37(35-38-36-39-37)34-32-30-28-26-24-22-20-18-16-14-12-10-8-6-4-2/h36H,3-35H2,1-2H3,(H,38,39). The molecule has 0 radical (unpaired) electrons. The van der Waals surface area contributed by atoms with Crippen molar-refractivity contribution in [2.75, 3.05) is 6.54 Å². The van der Waals surface area contributed by atoms with Gasteiger partial charge in [-0.1, -0.05) is 206 Å². The average Bonchev–Trinajstić information content (AvgIpc) is 3.42. The molecule has 0 fully saturated rings. The fraction of sp³-hybridized carbons (Fsp3) is 0.973. The summed E-state index contributed by atoms with van der Waals surface area (Å²) in [7, 11) is 0. The molecule has 0 spiro atoms. The van der Waals surface area contributed by atoms with Gasteiger partial charge in [0.15, 0.2) is 0 Å². The summed E-state index contributed by atoms with van der Waals surface area (Å²) >= 11 is 0. The Morgan fingerprint density at radius 1 is 0.410 bits per heavy atom. The first-order valence-corrected chi connectivity index (χ1v) is 18.6. The highest BCUT2D eigenvalue weighted by atomic mass is 15.1. The van der Waals surface area contributed by atoms with Crippen LogP contribution >= 0.6 is 0 Å². The van der Waals surface area contributed by atoms with Gasteiger partial charge in [0.25, 0.3) is 0 Å². The minimum absolute atomic E-state index is 0.299. The van der Waals surface area contributed by atoms with Crippen LogP contribution in [0.2, 0.25) is 0 Å². The maximum absolute atomic E-state index is 4.58. The van der Waals surface area contributed by atoms with Gasteiger partial charge in [-0.2, -0.15) is 0 Å². The van der Waals surface area contributed by atoms with Gasteiger partial charge in [0.2, 0.25) is 0 Å². The van der Waals surface area contributed by atoms with Crippen molar-refractivity contribution >= 4 is 6.34 Å². The molecule has 0 amide bonds. The molecule has 1 rings (SSSR count). The molecule has 0 saturated carbocycles. The van der Waals surface area contributed by atoms with E-state index in [0.717, 1.165) is 6.54 Å². The molecule has 1 N–H and O–H groups in total. The van der Waals surface area contributed by atoms with E-state index in [2.05, 4.69) is 24.2 Å². The molecule has 0 aliphatic carbocycles. The second-order valence-electron chi connectivity index (χ2n) is 13.3. The van der Waals surface area contributed by atoms with Gasteiger partial charge < -0.3 is 5.32 Å². The molecule has 0 bridgehead atoms. The molecular weight excluding hydrogens is 472 g/mol. The number of rotatable bonds is 32. The molecule has 1 aliphatic rings. The summed E-state index contributed by atoms with van der Waals surface area (Å²) in [5, 5.41) is 3.68. The Kier molecular flexibility index (Phi) is 27.1. The molecule has 2 nitrogen and oxygen atoms in total. The van der Waals surface area contributed by atoms with Crippen LogP contribution in [-0.4, -0.2) is 18.4 Å². The van der Waals surface area contributed by atoms with Crippen LogP contribution in [0.3, 0.4) is 0 Å². The van der Waals surface area contributed by atoms with E-state index >= 15 is 0 Å². The highest BCUT2D eigenvalue weighted by molar-refractivity contribution is 5.58. The summed E-state index contributed by atoms with van der Waals surface area (Å²) in [6.07, 6.45) is 48.1. The Bertz CT molecular complexity index is 456. The molecule has 0 atom stereocenters. The van der Waals surface area contributed by atoms with E-state index < -0.39 is 0 Å². The van der Waals surface area contributed by atoms with E-state index in [1.165, 1.54) is 205 Å². The molecule has 0 aromatic rings. The zero-order chi connectivity index (χ0) is 28.0. The molecule has 2 heteroatoms. The lowest BCUT2D eigenvalue weighted by Gasteiger charge is -2.29. The first-order chi connectivity index (χ1) is 19.3. The highest BCUT2D eigenvalue weighted by Gasteiger charge is 2.30. The molecule has 232 valence electrons. The van der Waals surface area contributed by atoms with Crippen molar-refractivity contribution in [2.24, 2.45) is 4.99 Å². The predicted molar refractivity (Wildman–Crippen MR) is 178 cm³/mol. The van der Waals surface area contributed by atoms with Gasteiger partial charge in [-0.3, -0.25) is 4.99 Å². The van der Waals surface area contributed by atoms with Gasteiger partial charge in [-0.25, -0.2) is 0 Å². The van der Waals surface area contributed by atoms with Crippen molar-refractivity contribution in [3.63, 3.8) is 0 Å². The number of unbranched alkanes of at least 4 members (excludes halogenated alkanes) is 28. The topological polar surface area (TPSA) is 24.4 Å². The van der Waals surface area contributed by atoms with Crippen molar-refractivity contribution < 1.29 is 0 Å². The molecule has 1 heterocycles. The van der Waals surface area contributed by atoms with Gasteiger partial charge >= 0.3 is 0 Å². The lowest BCUT2D eigenvalue weighted by Crippen LogP contribution is -2.43. The molecule has 0 saturated heterocycles. The minimum atomic E-state index is 0.299. The van der Waals surface area contributed by atoms with E-state index in [4.69, 9.17) is 0 Å². The first kappa shape index (κ1) is 36.5. The average molecular weight is 547 g/mol. The molecule has 0 aromatic heterocycles. The Morgan fingerprint density at radius 3 is 0.897 bits per heavy atom. The van der Waals surface area contributed by atoms with Crippen molar-refractivity contribution in [2.45, 2.75) is 225 Å². The fourth-order valence-corrected chi connectivity index (χ4v) is 6.55. The van der Waals surface area contributed by atoms with Crippen LogP contribution in [0.25, 0.3) is 0 Å². The summed E-state index contributed by atoms with van der Waals surface area (Å²) in [4.78, 5) is 4.58. The Labute approximate surface area is 247 Å². The molecule has 0 unspecified atom stereocenters. The van der Waals surface area contributed by atoms with Crippen LogP contribution in [0.1, 0.15) is 219 Å². The third-order valence-electron chi connectivity index (χ3n) is 9.37. The van der Waals surface area contributed by atoms with E-state index in [9.17, 15) is 0 Å². The minimum Gasteiger partial charge on any atom is -0.369 e. The summed E-state index contributed by atoms with van der Waals surface area (Å²) in [5.74, 6) is 0. The van der Waals surface area contributed by atoms with Gasteiger partial charge in [0, 0.05) is 0 Å². The van der Waals surface area contributed by atoms with E-state index in [0.29, 0.717) is 5.54 Å².